The Morgan fingerprint density at radius 3 is 2.19 bits per heavy atom. The van der Waals surface area contributed by atoms with Crippen molar-refractivity contribution in [2.75, 3.05) is 5.32 Å². The SMILES string of the molecule is CC(C(=O)Nc1ccc(C(=O)NO)cc1)c1ccccc1. The first-order chi connectivity index (χ1) is 10.1. The van der Waals surface area contributed by atoms with Crippen LogP contribution in [0.4, 0.5) is 5.69 Å². The summed E-state index contributed by atoms with van der Waals surface area (Å²) in [5.74, 6) is -0.988. The van der Waals surface area contributed by atoms with E-state index in [1.807, 2.05) is 37.3 Å². The molecule has 2 amide bonds. The molecule has 0 spiro atoms. The van der Waals surface area contributed by atoms with Crippen LogP contribution in [0.3, 0.4) is 0 Å². The minimum absolute atomic E-state index is 0.124. The second-order valence-electron chi connectivity index (χ2n) is 4.64. The summed E-state index contributed by atoms with van der Waals surface area (Å²) in [7, 11) is 0. The van der Waals surface area contributed by atoms with Crippen molar-refractivity contribution in [3.63, 3.8) is 0 Å². The van der Waals surface area contributed by atoms with E-state index >= 15 is 0 Å². The number of nitrogens with one attached hydrogen (secondary N) is 2. The van der Waals surface area contributed by atoms with Crippen LogP contribution in [0.15, 0.2) is 54.6 Å². The molecule has 2 aromatic carbocycles. The Morgan fingerprint density at radius 1 is 1.00 bits per heavy atom. The van der Waals surface area contributed by atoms with E-state index in [4.69, 9.17) is 5.21 Å². The summed E-state index contributed by atoms with van der Waals surface area (Å²) in [5, 5.41) is 11.3. The van der Waals surface area contributed by atoms with Crippen LogP contribution in [-0.4, -0.2) is 17.0 Å². The first-order valence-corrected chi connectivity index (χ1v) is 6.52. The number of benzene rings is 2. The standard InChI is InChI=1S/C16H16N2O3/c1-11(12-5-3-2-4-6-12)15(19)17-14-9-7-13(8-10-14)16(20)18-21/h2-11,21H,1H3,(H,17,19)(H,18,20). The zero-order valence-electron chi connectivity index (χ0n) is 11.5. The summed E-state index contributed by atoms with van der Waals surface area (Å²) in [6, 6.07) is 15.8. The average molecular weight is 284 g/mol. The summed E-state index contributed by atoms with van der Waals surface area (Å²) in [6.45, 7) is 1.83. The van der Waals surface area contributed by atoms with Gasteiger partial charge in [0.05, 0.1) is 5.92 Å². The van der Waals surface area contributed by atoms with Crippen LogP contribution in [0.5, 0.6) is 0 Å². The Balaban J connectivity index is 2.04. The lowest BCUT2D eigenvalue weighted by Gasteiger charge is -2.12. The topological polar surface area (TPSA) is 78.4 Å². The highest BCUT2D eigenvalue weighted by molar-refractivity contribution is 5.97. The van der Waals surface area contributed by atoms with Crippen molar-refractivity contribution in [2.24, 2.45) is 0 Å². The molecular formula is C16H16N2O3. The maximum absolute atomic E-state index is 12.2. The third kappa shape index (κ3) is 3.67. The fourth-order valence-corrected chi connectivity index (χ4v) is 1.91. The fraction of sp³-hybridized carbons (Fsp3) is 0.125. The van der Waals surface area contributed by atoms with Gasteiger partial charge in [-0.05, 0) is 36.8 Å². The van der Waals surface area contributed by atoms with Crippen molar-refractivity contribution in [1.29, 1.82) is 0 Å². The van der Waals surface area contributed by atoms with Gasteiger partial charge in [0.15, 0.2) is 0 Å². The van der Waals surface area contributed by atoms with Crippen molar-refractivity contribution < 1.29 is 14.8 Å². The number of rotatable bonds is 4. The highest BCUT2D eigenvalue weighted by atomic mass is 16.5. The number of carbonyl (C=O) groups excluding carboxylic acids is 2. The number of hydrogen-bond donors (Lipinski definition) is 3. The van der Waals surface area contributed by atoms with E-state index in [0.29, 0.717) is 11.3 Å². The van der Waals surface area contributed by atoms with Crippen molar-refractivity contribution in [3.8, 4) is 0 Å². The summed E-state index contributed by atoms with van der Waals surface area (Å²) < 4.78 is 0. The number of hydroxylamine groups is 1. The molecule has 21 heavy (non-hydrogen) atoms. The summed E-state index contributed by atoms with van der Waals surface area (Å²) >= 11 is 0. The summed E-state index contributed by atoms with van der Waals surface area (Å²) in [5.41, 5.74) is 3.40. The molecule has 0 bridgehead atoms. The van der Waals surface area contributed by atoms with E-state index in [1.165, 1.54) is 12.1 Å². The minimum Gasteiger partial charge on any atom is -0.326 e. The average Bonchev–Trinajstić information content (AvgIpc) is 2.55. The van der Waals surface area contributed by atoms with Gasteiger partial charge in [-0.1, -0.05) is 30.3 Å². The van der Waals surface area contributed by atoms with Crippen LogP contribution in [0.2, 0.25) is 0 Å². The zero-order chi connectivity index (χ0) is 15.2. The Morgan fingerprint density at radius 2 is 1.62 bits per heavy atom. The van der Waals surface area contributed by atoms with Gasteiger partial charge >= 0.3 is 0 Å². The monoisotopic (exact) mass is 284 g/mol. The maximum atomic E-state index is 12.2. The first-order valence-electron chi connectivity index (χ1n) is 6.52. The van der Waals surface area contributed by atoms with Gasteiger partial charge in [0.1, 0.15) is 0 Å². The van der Waals surface area contributed by atoms with Gasteiger partial charge < -0.3 is 5.32 Å². The van der Waals surface area contributed by atoms with Gasteiger partial charge in [0.25, 0.3) is 5.91 Å². The molecule has 0 saturated heterocycles. The molecule has 0 aliphatic carbocycles. The number of anilines is 1. The molecule has 0 saturated carbocycles. The maximum Gasteiger partial charge on any atom is 0.274 e. The molecule has 5 heteroatoms. The fourth-order valence-electron chi connectivity index (χ4n) is 1.91. The Kier molecular flexibility index (Phi) is 4.68. The Bertz CT molecular complexity index is 624. The molecule has 5 nitrogen and oxygen atoms in total. The smallest absolute Gasteiger partial charge is 0.274 e. The molecule has 0 aromatic heterocycles. The third-order valence-corrected chi connectivity index (χ3v) is 3.21. The third-order valence-electron chi connectivity index (χ3n) is 3.21. The first kappa shape index (κ1) is 14.7. The molecule has 0 heterocycles. The zero-order valence-corrected chi connectivity index (χ0v) is 11.5. The van der Waals surface area contributed by atoms with E-state index < -0.39 is 5.91 Å². The van der Waals surface area contributed by atoms with Crippen LogP contribution in [0.25, 0.3) is 0 Å². The summed E-state index contributed by atoms with van der Waals surface area (Å²) in [4.78, 5) is 23.3. The predicted octanol–water partition coefficient (Wildman–Crippen LogP) is 2.55. The second kappa shape index (κ2) is 6.67. The molecule has 0 aliphatic rings. The van der Waals surface area contributed by atoms with Gasteiger partial charge in [-0.2, -0.15) is 0 Å². The quantitative estimate of drug-likeness (QED) is 0.596. The number of amides is 2. The van der Waals surface area contributed by atoms with Crippen molar-refractivity contribution >= 4 is 17.5 Å². The lowest BCUT2D eigenvalue weighted by Crippen LogP contribution is -2.20. The van der Waals surface area contributed by atoms with Crippen LogP contribution in [0.1, 0.15) is 28.8 Å². The summed E-state index contributed by atoms with van der Waals surface area (Å²) in [6.07, 6.45) is 0. The predicted molar refractivity (Wildman–Crippen MR) is 79.2 cm³/mol. The molecule has 3 N–H and O–H groups in total. The van der Waals surface area contributed by atoms with Crippen LogP contribution >= 0.6 is 0 Å². The van der Waals surface area contributed by atoms with E-state index in [9.17, 15) is 9.59 Å². The number of hydrogen-bond acceptors (Lipinski definition) is 3. The molecule has 1 atom stereocenters. The molecule has 0 fully saturated rings. The van der Waals surface area contributed by atoms with Gasteiger partial charge in [0.2, 0.25) is 5.91 Å². The molecule has 108 valence electrons. The van der Waals surface area contributed by atoms with E-state index in [2.05, 4.69) is 5.32 Å². The van der Waals surface area contributed by atoms with Crippen LogP contribution in [0, 0.1) is 0 Å². The highest BCUT2D eigenvalue weighted by Crippen LogP contribution is 2.18. The van der Waals surface area contributed by atoms with Crippen molar-refractivity contribution in [2.45, 2.75) is 12.8 Å². The molecule has 0 aliphatic heterocycles. The van der Waals surface area contributed by atoms with Crippen LogP contribution in [-0.2, 0) is 4.79 Å². The van der Waals surface area contributed by atoms with Crippen molar-refractivity contribution in [1.82, 2.24) is 5.48 Å². The van der Waals surface area contributed by atoms with E-state index in [0.717, 1.165) is 5.56 Å². The van der Waals surface area contributed by atoms with Crippen molar-refractivity contribution in [3.05, 3.63) is 65.7 Å². The van der Waals surface area contributed by atoms with E-state index in [-0.39, 0.29) is 11.8 Å². The minimum atomic E-state index is -0.592. The lowest BCUT2D eigenvalue weighted by atomic mass is 10.0. The normalized spacial score (nSPS) is 11.5. The molecule has 0 radical (unpaired) electrons. The van der Waals surface area contributed by atoms with Crippen LogP contribution < -0.4 is 10.8 Å². The molecular weight excluding hydrogens is 268 g/mol. The Labute approximate surface area is 122 Å². The molecule has 2 rings (SSSR count). The largest absolute Gasteiger partial charge is 0.326 e. The second-order valence-corrected chi connectivity index (χ2v) is 4.64. The lowest BCUT2D eigenvalue weighted by molar-refractivity contribution is -0.117. The van der Waals surface area contributed by atoms with Gasteiger partial charge in [-0.3, -0.25) is 14.8 Å². The van der Waals surface area contributed by atoms with Gasteiger partial charge in [0, 0.05) is 11.3 Å². The van der Waals surface area contributed by atoms with E-state index in [1.54, 1.807) is 17.6 Å². The highest BCUT2D eigenvalue weighted by Gasteiger charge is 2.15. The molecule has 1 unspecified atom stereocenters. The number of carbonyl (C=O) groups is 2. The Hall–Kier alpha value is -2.66. The molecule has 2 aromatic rings. The van der Waals surface area contributed by atoms with Gasteiger partial charge in [-0.15, -0.1) is 0 Å². The van der Waals surface area contributed by atoms with Gasteiger partial charge in [-0.25, -0.2) is 5.48 Å².